The molecule has 0 amide bonds. The molecule has 18 heteroatoms. The SMILES string of the molecule is CC/C=C\C/C=C\C/C=C\C/C=C\C/C=C\C/C=C\CCCCCCCCCCCCCCC(=O)OCC(COP(=O)(O)OCC(O)COP(=O)(O)OCC(O)COC(=O)CCCCCCCCCCCCCCCCCCC/C=C\C/C=C\C/C=C\C/C=C\CCCCC)OC(=O)CC/C=C\C/C=C\C/C=C\C/C=C\C/C=C\C/C=C\CC. The summed E-state index contributed by atoms with van der Waals surface area (Å²) in [5, 5.41) is 20.7. The molecule has 16 nitrogen and oxygen atoms in total. The minimum Gasteiger partial charge on any atom is -0.463 e. The zero-order chi connectivity index (χ0) is 86.5. The average Bonchev–Trinajstić information content (AvgIpc) is 0.903. The van der Waals surface area contributed by atoms with Crippen LogP contribution >= 0.6 is 15.6 Å². The summed E-state index contributed by atoms with van der Waals surface area (Å²) in [6.07, 6.45) is 122. The van der Waals surface area contributed by atoms with Crippen molar-refractivity contribution < 1.29 is 75.8 Å². The molecule has 0 radical (unpaired) electrons. The van der Waals surface area contributed by atoms with Gasteiger partial charge in [0.25, 0.3) is 0 Å². The molecule has 0 fully saturated rings. The summed E-state index contributed by atoms with van der Waals surface area (Å²) < 4.78 is 61.4. The molecule has 119 heavy (non-hydrogen) atoms. The number of aliphatic hydroxyl groups excluding tert-OH is 2. The number of ether oxygens (including phenoxy) is 3. The van der Waals surface area contributed by atoms with E-state index in [1.54, 1.807) is 0 Å². The molecule has 0 saturated heterocycles. The predicted octanol–water partition coefficient (Wildman–Crippen LogP) is 29.0. The van der Waals surface area contributed by atoms with Gasteiger partial charge in [0.05, 0.1) is 26.4 Å². The normalized spacial score (nSPS) is 14.6. The van der Waals surface area contributed by atoms with Crippen LogP contribution in [0.15, 0.2) is 194 Å². The highest BCUT2D eigenvalue weighted by atomic mass is 31.2. The van der Waals surface area contributed by atoms with E-state index in [0.29, 0.717) is 25.7 Å². The van der Waals surface area contributed by atoms with Crippen LogP contribution in [0.4, 0.5) is 0 Å². The van der Waals surface area contributed by atoms with Gasteiger partial charge in [-0.25, -0.2) is 9.13 Å². The third-order valence-corrected chi connectivity index (χ3v) is 21.2. The second-order valence-corrected chi connectivity index (χ2v) is 33.6. The van der Waals surface area contributed by atoms with E-state index in [4.69, 9.17) is 32.3 Å². The van der Waals surface area contributed by atoms with Crippen molar-refractivity contribution in [2.45, 2.75) is 386 Å². The van der Waals surface area contributed by atoms with Crippen molar-refractivity contribution in [3.63, 3.8) is 0 Å². The van der Waals surface area contributed by atoms with Crippen LogP contribution in [-0.4, -0.2) is 95.9 Å². The van der Waals surface area contributed by atoms with Gasteiger partial charge in [-0.15, -0.1) is 0 Å². The number of esters is 3. The molecule has 5 atom stereocenters. The molecule has 0 aliphatic heterocycles. The van der Waals surface area contributed by atoms with Gasteiger partial charge >= 0.3 is 33.6 Å². The Morgan fingerprint density at radius 1 is 0.244 bits per heavy atom. The summed E-state index contributed by atoms with van der Waals surface area (Å²) in [5.74, 6) is -1.68. The maximum Gasteiger partial charge on any atom is 0.472 e. The van der Waals surface area contributed by atoms with Gasteiger partial charge in [0, 0.05) is 19.3 Å². The first-order chi connectivity index (χ1) is 58.2. The lowest BCUT2D eigenvalue weighted by Crippen LogP contribution is -2.29. The molecule has 0 bridgehead atoms. The molecule has 0 spiro atoms. The fraction of sp³-hybridized carbons (Fsp3) is 0.653. The highest BCUT2D eigenvalue weighted by Gasteiger charge is 2.29. The van der Waals surface area contributed by atoms with Crippen molar-refractivity contribution in [2.24, 2.45) is 0 Å². The van der Waals surface area contributed by atoms with Gasteiger partial charge < -0.3 is 34.2 Å². The van der Waals surface area contributed by atoms with Crippen LogP contribution in [0.5, 0.6) is 0 Å². The van der Waals surface area contributed by atoms with Crippen molar-refractivity contribution in [1.29, 1.82) is 0 Å². The molecule has 0 aromatic rings. The maximum atomic E-state index is 13.0. The fourth-order valence-electron chi connectivity index (χ4n) is 12.3. The number of rotatable bonds is 87. The standard InChI is InChI=1S/C101H168O16P2/c1-4-7-10-13-16-19-22-25-28-31-34-36-38-40-42-44-46-47-49-51-52-54-56-58-61-63-66-69-72-75-78-81-84-87-99(104)111-90-96(102)91-113-118(107,108)114-92-97(103)93-115-119(109,110)116-95-98(117-101(106)89-86-83-80-77-74-71-68-65-60-33-30-27-24-21-18-15-12-9-6-3)94-112-100(105)88-85-82-79-76-73-70-67-64-62-59-57-55-53-50-48-45-43-41-39-37-35-32-29-26-23-20-17-14-11-8-5-2/h8-9,11-12,16-21,25-30,34-37,40-43,48,50,60,65,71,74,80,83,96-98,102-103H,4-7,10,13-15,22-24,31-33,38-39,44-47,49,51-59,61-64,66-70,72-73,75-79,81-82,84-95H2,1-3H3,(H,107,108)(H,109,110)/b11-8-,12-9-,19-16-,20-17-,21-18-,28-25-,29-26-,30-27-,36-34-,37-35-,42-40-,43-41-,50-48-,65-60-,74-71-,83-80-. The summed E-state index contributed by atoms with van der Waals surface area (Å²) in [5.41, 5.74) is 0. The van der Waals surface area contributed by atoms with Crippen molar-refractivity contribution in [1.82, 2.24) is 0 Å². The lowest BCUT2D eigenvalue weighted by molar-refractivity contribution is -0.161. The summed E-state index contributed by atoms with van der Waals surface area (Å²) in [6.45, 7) is 2.36. The number of hydrogen-bond donors (Lipinski definition) is 4. The fourth-order valence-corrected chi connectivity index (χ4v) is 13.9. The topological polar surface area (TPSA) is 231 Å². The van der Waals surface area contributed by atoms with Crippen LogP contribution in [0, 0.1) is 0 Å². The van der Waals surface area contributed by atoms with Gasteiger partial charge in [0.15, 0.2) is 6.10 Å². The second kappa shape index (κ2) is 91.6. The number of allylic oxidation sites excluding steroid dienone is 32. The van der Waals surface area contributed by atoms with Crippen LogP contribution in [0.2, 0.25) is 0 Å². The molecule has 5 unspecified atom stereocenters. The van der Waals surface area contributed by atoms with E-state index in [9.17, 15) is 43.5 Å². The molecule has 0 heterocycles. The lowest BCUT2D eigenvalue weighted by Gasteiger charge is -2.21. The van der Waals surface area contributed by atoms with Crippen LogP contribution < -0.4 is 0 Å². The van der Waals surface area contributed by atoms with Gasteiger partial charge in [-0.2, -0.15) is 0 Å². The Bertz CT molecular complexity index is 2940. The van der Waals surface area contributed by atoms with Gasteiger partial charge in [-0.05, 0) is 154 Å². The number of phosphoric acid groups is 2. The highest BCUT2D eigenvalue weighted by Crippen LogP contribution is 2.45. The Kier molecular flexibility index (Phi) is 87.3. The Labute approximate surface area is 725 Å². The van der Waals surface area contributed by atoms with E-state index >= 15 is 0 Å². The van der Waals surface area contributed by atoms with E-state index in [1.165, 1.54) is 161 Å². The van der Waals surface area contributed by atoms with E-state index < -0.39 is 91.5 Å². The molecule has 0 aromatic heterocycles. The van der Waals surface area contributed by atoms with Crippen LogP contribution in [0.1, 0.15) is 367 Å². The highest BCUT2D eigenvalue weighted by molar-refractivity contribution is 7.47. The molecule has 0 aromatic carbocycles. The van der Waals surface area contributed by atoms with Crippen LogP contribution in [-0.2, 0) is 55.8 Å². The zero-order valence-electron chi connectivity index (χ0n) is 74.7. The Hall–Kier alpha value is -5.61. The molecule has 4 N–H and O–H groups in total. The number of carbonyl (C=O) groups excluding carboxylic acids is 3. The molecule has 0 saturated carbocycles. The Balaban J connectivity index is 4.58. The van der Waals surface area contributed by atoms with E-state index in [1.807, 2.05) is 18.2 Å². The van der Waals surface area contributed by atoms with Crippen molar-refractivity contribution in [2.75, 3.05) is 39.6 Å². The summed E-state index contributed by atoms with van der Waals surface area (Å²) in [4.78, 5) is 58.9. The summed E-state index contributed by atoms with van der Waals surface area (Å²) >= 11 is 0. The number of phosphoric ester groups is 2. The van der Waals surface area contributed by atoms with Crippen LogP contribution in [0.3, 0.4) is 0 Å². The summed E-state index contributed by atoms with van der Waals surface area (Å²) in [7, 11) is -9.84. The predicted molar refractivity (Wildman–Crippen MR) is 500 cm³/mol. The minimum absolute atomic E-state index is 0.0268. The largest absolute Gasteiger partial charge is 0.472 e. The molecular weight excluding hydrogens is 1530 g/mol. The number of unbranched alkanes of at least 4 members (excludes halogenated alkanes) is 32. The first-order valence-electron chi connectivity index (χ1n) is 46.7. The maximum absolute atomic E-state index is 13.0. The first-order valence-corrected chi connectivity index (χ1v) is 49.7. The van der Waals surface area contributed by atoms with E-state index in [0.717, 1.165) is 141 Å². The number of hydrogen-bond acceptors (Lipinski definition) is 14. The third-order valence-electron chi connectivity index (χ3n) is 19.3. The van der Waals surface area contributed by atoms with Crippen molar-refractivity contribution >= 4 is 33.6 Å². The number of carbonyl (C=O) groups is 3. The average molecular weight is 1700 g/mol. The molecule has 0 aliphatic rings. The van der Waals surface area contributed by atoms with Gasteiger partial charge in [-0.1, -0.05) is 389 Å². The van der Waals surface area contributed by atoms with Gasteiger partial charge in [-0.3, -0.25) is 32.5 Å². The molecule has 0 aliphatic carbocycles. The van der Waals surface area contributed by atoms with E-state index in [-0.39, 0.29) is 19.3 Å². The lowest BCUT2D eigenvalue weighted by atomic mass is 10.0. The third kappa shape index (κ3) is 92.9. The quantitative estimate of drug-likeness (QED) is 0.0146. The summed E-state index contributed by atoms with van der Waals surface area (Å²) in [6, 6.07) is 0. The zero-order valence-corrected chi connectivity index (χ0v) is 76.5. The van der Waals surface area contributed by atoms with Crippen LogP contribution in [0.25, 0.3) is 0 Å². The monoisotopic (exact) mass is 1700 g/mol. The van der Waals surface area contributed by atoms with Crippen molar-refractivity contribution in [3.05, 3.63) is 194 Å². The molecular formula is C101H168O16P2. The second-order valence-electron chi connectivity index (χ2n) is 30.7. The van der Waals surface area contributed by atoms with Gasteiger partial charge in [0.2, 0.25) is 0 Å². The number of aliphatic hydroxyl groups is 2. The molecule has 678 valence electrons. The van der Waals surface area contributed by atoms with Crippen molar-refractivity contribution in [3.8, 4) is 0 Å². The smallest absolute Gasteiger partial charge is 0.463 e. The minimum atomic E-state index is -4.97. The molecule has 0 rings (SSSR count). The van der Waals surface area contributed by atoms with E-state index in [2.05, 4.69) is 197 Å². The Morgan fingerprint density at radius 2 is 0.462 bits per heavy atom. The van der Waals surface area contributed by atoms with Gasteiger partial charge in [0.1, 0.15) is 25.4 Å². The Morgan fingerprint density at radius 3 is 0.739 bits per heavy atom. The first kappa shape index (κ1) is 113.